The molecule has 0 atom stereocenters. The Morgan fingerprint density at radius 2 is 1.96 bits per heavy atom. The zero-order chi connectivity index (χ0) is 19.9. The van der Waals surface area contributed by atoms with Crippen LogP contribution in [-0.2, 0) is 11.3 Å². The summed E-state index contributed by atoms with van der Waals surface area (Å²) < 4.78 is 6.00. The average Bonchev–Trinajstić information content (AvgIpc) is 3.43. The van der Waals surface area contributed by atoms with Crippen molar-refractivity contribution in [1.29, 1.82) is 0 Å². The van der Waals surface area contributed by atoms with Gasteiger partial charge in [0.25, 0.3) is 5.91 Å². The number of amides is 2. The van der Waals surface area contributed by atoms with E-state index in [9.17, 15) is 9.59 Å². The fourth-order valence-corrected chi connectivity index (χ4v) is 4.14. The first-order valence-electron chi connectivity index (χ1n) is 9.14. The van der Waals surface area contributed by atoms with Crippen molar-refractivity contribution in [1.82, 2.24) is 10.2 Å². The van der Waals surface area contributed by atoms with E-state index in [4.69, 9.17) is 16.6 Å². The normalized spacial score (nSPS) is 13.4. The lowest BCUT2D eigenvalue weighted by atomic mass is 10.1. The molecule has 0 spiro atoms. The van der Waals surface area contributed by atoms with Crippen molar-refractivity contribution >= 4 is 45.8 Å². The lowest BCUT2D eigenvalue weighted by molar-refractivity contribution is -0.115. The third-order valence-corrected chi connectivity index (χ3v) is 6.08. The van der Waals surface area contributed by atoms with E-state index in [1.807, 2.05) is 6.07 Å². The predicted octanol–water partition coefficient (Wildman–Crippen LogP) is 3.29. The molecule has 8 heteroatoms. The number of hydrogen-bond donors (Lipinski definition) is 1. The van der Waals surface area contributed by atoms with Crippen LogP contribution >= 0.6 is 24.0 Å². The van der Waals surface area contributed by atoms with E-state index < -0.39 is 0 Å². The molecule has 2 aromatic rings. The van der Waals surface area contributed by atoms with E-state index in [0.29, 0.717) is 17.0 Å². The maximum Gasteiger partial charge on any atom is 0.253 e. The number of likely N-dealkylation sites (tertiary alicyclic amines) is 1. The maximum atomic E-state index is 12.7. The average molecular weight is 418 g/mol. The zero-order valence-electron chi connectivity index (χ0n) is 15.7. The number of carbonyl (C=O) groups excluding carboxylic acids is 2. The number of furan rings is 1. The van der Waals surface area contributed by atoms with E-state index in [-0.39, 0.29) is 24.1 Å². The Balaban J connectivity index is 1.60. The number of benzene rings is 1. The van der Waals surface area contributed by atoms with E-state index in [0.717, 1.165) is 30.3 Å². The fourth-order valence-electron chi connectivity index (χ4n) is 2.98. The van der Waals surface area contributed by atoms with Gasteiger partial charge in [0.05, 0.1) is 29.8 Å². The van der Waals surface area contributed by atoms with Gasteiger partial charge in [-0.1, -0.05) is 36.1 Å². The van der Waals surface area contributed by atoms with Crippen LogP contribution in [0.25, 0.3) is 0 Å². The second-order valence-electron chi connectivity index (χ2n) is 6.48. The highest BCUT2D eigenvalue weighted by Gasteiger charge is 2.21. The van der Waals surface area contributed by atoms with Gasteiger partial charge in [-0.2, -0.15) is 0 Å². The van der Waals surface area contributed by atoms with Crippen LogP contribution in [0.4, 0.5) is 5.69 Å². The highest BCUT2D eigenvalue weighted by Crippen LogP contribution is 2.22. The molecule has 1 saturated heterocycles. The van der Waals surface area contributed by atoms with Crippen LogP contribution in [0, 0.1) is 0 Å². The predicted molar refractivity (Wildman–Crippen MR) is 116 cm³/mol. The maximum absolute atomic E-state index is 12.7. The number of hydrogen-bond acceptors (Lipinski definition) is 5. The third-order valence-electron chi connectivity index (χ3n) is 4.57. The number of anilines is 1. The smallest absolute Gasteiger partial charge is 0.253 e. The molecule has 0 bridgehead atoms. The second-order valence-corrected chi connectivity index (χ2v) is 8.09. The molecule has 0 saturated carbocycles. The second kappa shape index (κ2) is 9.75. The van der Waals surface area contributed by atoms with Crippen molar-refractivity contribution in [3.63, 3.8) is 0 Å². The quantitative estimate of drug-likeness (QED) is 0.728. The minimum absolute atomic E-state index is 0.0992. The largest absolute Gasteiger partial charge is 0.467 e. The molecule has 148 valence electrons. The molecule has 1 N–H and O–H groups in total. The van der Waals surface area contributed by atoms with E-state index in [1.165, 1.54) is 16.7 Å². The first-order chi connectivity index (χ1) is 13.6. The molecule has 2 amide bonds. The van der Waals surface area contributed by atoms with Crippen LogP contribution < -0.4 is 10.2 Å². The molecule has 0 aliphatic carbocycles. The minimum atomic E-state index is -0.258. The first-order valence-corrected chi connectivity index (χ1v) is 10.5. The van der Waals surface area contributed by atoms with Crippen LogP contribution in [0.5, 0.6) is 0 Å². The number of nitrogens with one attached hydrogen (secondary N) is 1. The summed E-state index contributed by atoms with van der Waals surface area (Å²) in [5.74, 6) is 0.556. The monoisotopic (exact) mass is 417 g/mol. The molecular weight excluding hydrogens is 394 g/mol. The zero-order valence-corrected chi connectivity index (χ0v) is 17.4. The highest BCUT2D eigenvalue weighted by atomic mass is 32.2. The Hall–Kier alpha value is -2.32. The van der Waals surface area contributed by atoms with Crippen LogP contribution in [-0.4, -0.2) is 46.9 Å². The summed E-state index contributed by atoms with van der Waals surface area (Å²) in [4.78, 5) is 28.9. The summed E-state index contributed by atoms with van der Waals surface area (Å²) >= 11 is 6.80. The summed E-state index contributed by atoms with van der Waals surface area (Å²) in [5.41, 5.74) is 1.01. The summed E-state index contributed by atoms with van der Waals surface area (Å²) in [6, 6.07) is 10.6. The fraction of sp³-hybridized carbons (Fsp3) is 0.350. The lowest BCUT2D eigenvalue weighted by Gasteiger charge is -2.22. The molecule has 6 nitrogen and oxygen atoms in total. The van der Waals surface area contributed by atoms with Gasteiger partial charge < -0.3 is 19.5 Å². The SMILES string of the molecule is CN(C(=O)CSC(=S)N1CCCC1)c1ccccc1C(=O)NCc1ccco1. The summed E-state index contributed by atoms with van der Waals surface area (Å²) in [6.45, 7) is 2.22. The van der Waals surface area contributed by atoms with Gasteiger partial charge in [0, 0.05) is 20.1 Å². The van der Waals surface area contributed by atoms with Gasteiger partial charge in [-0.3, -0.25) is 9.59 Å². The molecule has 1 aromatic heterocycles. The minimum Gasteiger partial charge on any atom is -0.467 e. The molecular formula is C20H23N3O3S2. The first kappa shape index (κ1) is 20.4. The number of thioether (sulfide) groups is 1. The third kappa shape index (κ3) is 5.14. The Morgan fingerprint density at radius 3 is 2.68 bits per heavy atom. The van der Waals surface area contributed by atoms with Crippen molar-refractivity contribution in [3.8, 4) is 0 Å². The van der Waals surface area contributed by atoms with Gasteiger partial charge in [0.2, 0.25) is 5.91 Å². The number of para-hydroxylation sites is 1. The molecule has 0 radical (unpaired) electrons. The number of rotatable bonds is 6. The van der Waals surface area contributed by atoms with Crippen molar-refractivity contribution < 1.29 is 14.0 Å². The molecule has 2 heterocycles. The Bertz CT molecular complexity index is 833. The van der Waals surface area contributed by atoms with Gasteiger partial charge in [-0.05, 0) is 37.1 Å². The Kier molecular flexibility index (Phi) is 7.11. The van der Waals surface area contributed by atoms with Crippen LogP contribution in [0.2, 0.25) is 0 Å². The van der Waals surface area contributed by atoms with Crippen LogP contribution in [0.15, 0.2) is 47.1 Å². The molecule has 1 aliphatic heterocycles. The standard InChI is InChI=1S/C20H23N3O3S2/c1-22(18(24)14-28-20(27)23-10-4-5-11-23)17-9-3-2-8-16(17)19(25)21-13-15-7-6-12-26-15/h2-3,6-9,12H,4-5,10-11,13-14H2,1H3,(H,21,25). The Morgan fingerprint density at radius 1 is 1.21 bits per heavy atom. The lowest BCUT2D eigenvalue weighted by Crippen LogP contribution is -2.32. The molecule has 28 heavy (non-hydrogen) atoms. The summed E-state index contributed by atoms with van der Waals surface area (Å²) in [6.07, 6.45) is 3.86. The van der Waals surface area contributed by atoms with Crippen molar-refractivity contribution in [2.75, 3.05) is 30.8 Å². The van der Waals surface area contributed by atoms with Crippen molar-refractivity contribution in [2.45, 2.75) is 19.4 Å². The van der Waals surface area contributed by atoms with Crippen molar-refractivity contribution in [3.05, 3.63) is 54.0 Å². The van der Waals surface area contributed by atoms with Crippen LogP contribution in [0.3, 0.4) is 0 Å². The van der Waals surface area contributed by atoms with E-state index >= 15 is 0 Å². The topological polar surface area (TPSA) is 65.8 Å². The van der Waals surface area contributed by atoms with Gasteiger partial charge in [0.15, 0.2) is 0 Å². The highest BCUT2D eigenvalue weighted by molar-refractivity contribution is 8.23. The summed E-state index contributed by atoms with van der Waals surface area (Å²) in [5, 5.41) is 2.82. The van der Waals surface area contributed by atoms with Crippen LogP contribution in [0.1, 0.15) is 29.0 Å². The van der Waals surface area contributed by atoms with E-state index in [2.05, 4.69) is 10.2 Å². The number of nitrogens with zero attached hydrogens (tertiary/aromatic N) is 2. The van der Waals surface area contributed by atoms with Crippen molar-refractivity contribution in [2.24, 2.45) is 0 Å². The Labute approximate surface area is 174 Å². The molecule has 1 aliphatic rings. The molecule has 1 aromatic carbocycles. The van der Waals surface area contributed by atoms with Gasteiger partial charge in [0.1, 0.15) is 10.1 Å². The molecule has 0 unspecified atom stereocenters. The number of carbonyl (C=O) groups is 2. The number of thiocarbonyl (C=S) groups is 1. The van der Waals surface area contributed by atoms with Gasteiger partial charge in [-0.15, -0.1) is 0 Å². The van der Waals surface area contributed by atoms with Gasteiger partial charge >= 0.3 is 0 Å². The molecule has 1 fully saturated rings. The van der Waals surface area contributed by atoms with E-state index in [1.54, 1.807) is 43.6 Å². The molecule has 3 rings (SSSR count). The summed E-state index contributed by atoms with van der Waals surface area (Å²) in [7, 11) is 1.68. The van der Waals surface area contributed by atoms with Gasteiger partial charge in [-0.25, -0.2) is 0 Å².